The van der Waals surface area contributed by atoms with Crippen molar-refractivity contribution in [2.45, 2.75) is 25.4 Å². The third-order valence-corrected chi connectivity index (χ3v) is 4.38. The molecule has 4 N–H and O–H groups in total. The third-order valence-electron chi connectivity index (χ3n) is 4.38. The monoisotopic (exact) mass is 386 g/mol. The SMILES string of the molecule is COc1ccc(C(N)(c2ccc(OC)cc2)[C@@H](N)C(C)C)cc1.Cl.Cl. The minimum absolute atomic E-state index is 0. The summed E-state index contributed by atoms with van der Waals surface area (Å²) in [6, 6.07) is 15.3. The van der Waals surface area contributed by atoms with Crippen molar-refractivity contribution in [3.05, 3.63) is 59.7 Å². The van der Waals surface area contributed by atoms with Gasteiger partial charge >= 0.3 is 0 Å². The summed E-state index contributed by atoms with van der Waals surface area (Å²) in [6.07, 6.45) is 0. The Kier molecular flexibility index (Phi) is 9.30. The zero-order chi connectivity index (χ0) is 17.0. The van der Waals surface area contributed by atoms with Gasteiger partial charge in [0.2, 0.25) is 0 Å². The summed E-state index contributed by atoms with van der Waals surface area (Å²) in [5, 5.41) is 0. The van der Waals surface area contributed by atoms with Crippen LogP contribution in [0.4, 0.5) is 0 Å². The number of ether oxygens (including phenoxy) is 2. The molecule has 2 aromatic carbocycles. The zero-order valence-corrected chi connectivity index (χ0v) is 16.7. The maximum atomic E-state index is 6.86. The second-order valence-electron chi connectivity index (χ2n) is 6.10. The van der Waals surface area contributed by atoms with Crippen molar-refractivity contribution >= 4 is 24.8 Å². The van der Waals surface area contributed by atoms with E-state index in [2.05, 4.69) is 13.8 Å². The Hall–Kier alpha value is -1.46. The Balaban J connectivity index is 0.00000288. The van der Waals surface area contributed by atoms with Crippen LogP contribution in [0.2, 0.25) is 0 Å². The molecule has 0 fully saturated rings. The molecule has 1 atom stereocenters. The first kappa shape index (κ1) is 23.5. The van der Waals surface area contributed by atoms with Crippen LogP contribution < -0.4 is 20.9 Å². The van der Waals surface area contributed by atoms with E-state index < -0.39 is 5.54 Å². The fourth-order valence-electron chi connectivity index (χ4n) is 2.81. The lowest BCUT2D eigenvalue weighted by atomic mass is 9.74. The van der Waals surface area contributed by atoms with Crippen molar-refractivity contribution in [1.29, 1.82) is 0 Å². The van der Waals surface area contributed by atoms with E-state index in [0.717, 1.165) is 22.6 Å². The molecular weight excluding hydrogens is 359 g/mol. The molecule has 2 aromatic rings. The van der Waals surface area contributed by atoms with Crippen LogP contribution in [0, 0.1) is 5.92 Å². The molecule has 0 amide bonds. The predicted molar refractivity (Wildman–Crippen MR) is 108 cm³/mol. The Morgan fingerprint density at radius 2 is 1.08 bits per heavy atom. The first-order chi connectivity index (χ1) is 10.9. The van der Waals surface area contributed by atoms with Crippen LogP contribution in [0.25, 0.3) is 0 Å². The summed E-state index contributed by atoms with van der Waals surface area (Å²) in [4.78, 5) is 0. The highest BCUT2D eigenvalue weighted by Crippen LogP contribution is 2.34. The largest absolute Gasteiger partial charge is 0.497 e. The van der Waals surface area contributed by atoms with Gasteiger partial charge in [0, 0.05) is 6.04 Å². The van der Waals surface area contributed by atoms with Crippen LogP contribution in [0.3, 0.4) is 0 Å². The van der Waals surface area contributed by atoms with E-state index in [4.69, 9.17) is 20.9 Å². The summed E-state index contributed by atoms with van der Waals surface area (Å²) < 4.78 is 10.5. The molecule has 0 radical (unpaired) electrons. The van der Waals surface area contributed by atoms with Gasteiger partial charge in [-0.25, -0.2) is 0 Å². The van der Waals surface area contributed by atoms with E-state index in [1.54, 1.807) is 14.2 Å². The minimum atomic E-state index is -0.785. The van der Waals surface area contributed by atoms with E-state index >= 15 is 0 Å². The molecular formula is C19H28Cl2N2O2. The molecule has 0 aliphatic carbocycles. The number of hydrogen-bond acceptors (Lipinski definition) is 4. The van der Waals surface area contributed by atoms with Crippen molar-refractivity contribution in [3.63, 3.8) is 0 Å². The maximum Gasteiger partial charge on any atom is 0.118 e. The van der Waals surface area contributed by atoms with Crippen LogP contribution in [0.5, 0.6) is 11.5 Å². The normalized spacial score (nSPS) is 12.0. The van der Waals surface area contributed by atoms with Crippen molar-refractivity contribution in [2.24, 2.45) is 17.4 Å². The van der Waals surface area contributed by atoms with Gasteiger partial charge in [0.05, 0.1) is 19.8 Å². The molecule has 0 saturated heterocycles. The highest BCUT2D eigenvalue weighted by atomic mass is 35.5. The lowest BCUT2D eigenvalue weighted by Crippen LogP contribution is -2.55. The molecule has 0 saturated carbocycles. The number of nitrogens with two attached hydrogens (primary N) is 2. The van der Waals surface area contributed by atoms with Gasteiger partial charge in [-0.15, -0.1) is 24.8 Å². The molecule has 0 aliphatic heterocycles. The summed E-state index contributed by atoms with van der Waals surface area (Å²) in [6.45, 7) is 4.17. The van der Waals surface area contributed by atoms with E-state index in [9.17, 15) is 0 Å². The zero-order valence-electron chi connectivity index (χ0n) is 15.1. The van der Waals surface area contributed by atoms with Crippen LogP contribution in [-0.2, 0) is 5.54 Å². The topological polar surface area (TPSA) is 70.5 Å². The molecule has 25 heavy (non-hydrogen) atoms. The van der Waals surface area contributed by atoms with E-state index in [1.165, 1.54) is 0 Å². The van der Waals surface area contributed by atoms with Gasteiger partial charge in [-0.2, -0.15) is 0 Å². The highest BCUT2D eigenvalue weighted by Gasteiger charge is 2.38. The Morgan fingerprint density at radius 1 is 0.760 bits per heavy atom. The molecule has 0 spiro atoms. The fourth-order valence-corrected chi connectivity index (χ4v) is 2.81. The summed E-state index contributed by atoms with van der Waals surface area (Å²) in [5.41, 5.74) is 14.5. The molecule has 0 aliphatic rings. The van der Waals surface area contributed by atoms with Gasteiger partial charge < -0.3 is 20.9 Å². The van der Waals surface area contributed by atoms with Gasteiger partial charge in [-0.3, -0.25) is 0 Å². The van der Waals surface area contributed by atoms with Crippen LogP contribution >= 0.6 is 24.8 Å². The Morgan fingerprint density at radius 3 is 1.32 bits per heavy atom. The van der Waals surface area contributed by atoms with E-state index in [0.29, 0.717) is 0 Å². The van der Waals surface area contributed by atoms with Gasteiger partial charge in [0.25, 0.3) is 0 Å². The molecule has 0 bridgehead atoms. The first-order valence-corrected chi connectivity index (χ1v) is 7.77. The molecule has 140 valence electrons. The van der Waals surface area contributed by atoms with Crippen molar-refractivity contribution in [3.8, 4) is 11.5 Å². The van der Waals surface area contributed by atoms with Gasteiger partial charge in [-0.1, -0.05) is 38.1 Å². The van der Waals surface area contributed by atoms with Gasteiger partial charge in [-0.05, 0) is 41.3 Å². The molecule has 4 nitrogen and oxygen atoms in total. The number of methoxy groups -OCH3 is 2. The molecule has 0 heterocycles. The number of rotatable bonds is 6. The number of hydrogen-bond donors (Lipinski definition) is 2. The minimum Gasteiger partial charge on any atom is -0.497 e. The Bertz CT molecular complexity index is 583. The summed E-state index contributed by atoms with van der Waals surface area (Å²) in [7, 11) is 3.29. The lowest BCUT2D eigenvalue weighted by Gasteiger charge is -2.38. The molecule has 6 heteroatoms. The highest BCUT2D eigenvalue weighted by molar-refractivity contribution is 5.85. The quantitative estimate of drug-likeness (QED) is 0.792. The molecule has 0 unspecified atom stereocenters. The van der Waals surface area contributed by atoms with Crippen molar-refractivity contribution in [1.82, 2.24) is 0 Å². The molecule has 2 rings (SSSR count). The average Bonchev–Trinajstić information content (AvgIpc) is 2.60. The Labute approximate surface area is 162 Å². The van der Waals surface area contributed by atoms with Gasteiger partial charge in [0.1, 0.15) is 11.5 Å². The van der Waals surface area contributed by atoms with Crippen molar-refractivity contribution in [2.75, 3.05) is 14.2 Å². The van der Waals surface area contributed by atoms with E-state index in [-0.39, 0.29) is 36.8 Å². The smallest absolute Gasteiger partial charge is 0.118 e. The predicted octanol–water partition coefficient (Wildman–Crippen LogP) is 3.73. The lowest BCUT2D eigenvalue weighted by molar-refractivity contribution is 0.336. The third kappa shape index (κ3) is 4.79. The van der Waals surface area contributed by atoms with Crippen LogP contribution in [-0.4, -0.2) is 20.3 Å². The maximum absolute atomic E-state index is 6.86. The summed E-state index contributed by atoms with van der Waals surface area (Å²) in [5.74, 6) is 1.82. The van der Waals surface area contributed by atoms with Crippen LogP contribution in [0.15, 0.2) is 48.5 Å². The molecule has 0 aromatic heterocycles. The average molecular weight is 387 g/mol. The van der Waals surface area contributed by atoms with Crippen molar-refractivity contribution < 1.29 is 9.47 Å². The second kappa shape index (κ2) is 9.88. The summed E-state index contributed by atoms with van der Waals surface area (Å²) >= 11 is 0. The standard InChI is InChI=1S/C19H26N2O2.2ClH/c1-13(2)18(20)19(21,14-5-9-16(22-3)10-6-14)15-7-11-17(23-4)12-8-15;;/h5-13,18H,20-21H2,1-4H3;2*1H/t18-;;/m0../s1. The number of halogens is 2. The first-order valence-electron chi connectivity index (χ1n) is 7.77. The number of benzene rings is 2. The van der Waals surface area contributed by atoms with Gasteiger partial charge in [0.15, 0.2) is 0 Å². The second-order valence-corrected chi connectivity index (χ2v) is 6.10. The van der Waals surface area contributed by atoms with Crippen LogP contribution in [0.1, 0.15) is 25.0 Å². The van der Waals surface area contributed by atoms with E-state index in [1.807, 2.05) is 48.5 Å². The fraction of sp³-hybridized carbons (Fsp3) is 0.368.